The third-order valence-corrected chi connectivity index (χ3v) is 1.40. The fourth-order valence-corrected chi connectivity index (χ4v) is 0.737. The zero-order valence-corrected chi connectivity index (χ0v) is 7.38. The number of unbranched alkanes of at least 4 members (excludes halogenated alkanes) is 3. The van der Waals surface area contributed by atoms with Gasteiger partial charge in [-0.2, -0.15) is 0 Å². The first-order valence-corrected chi connectivity index (χ1v) is 3.99. The van der Waals surface area contributed by atoms with Crippen LogP contribution in [-0.4, -0.2) is 13.1 Å². The van der Waals surface area contributed by atoms with Crippen molar-refractivity contribution in [3.8, 4) is 12.3 Å². The highest BCUT2D eigenvalue weighted by atomic mass is 16.5. The van der Waals surface area contributed by atoms with Gasteiger partial charge in [0.25, 0.3) is 0 Å². The second kappa shape index (κ2) is 7.87. The van der Waals surface area contributed by atoms with Gasteiger partial charge >= 0.3 is 5.97 Å². The maximum absolute atomic E-state index is 10.6. The summed E-state index contributed by atoms with van der Waals surface area (Å²) in [5, 5.41) is 0. The summed E-state index contributed by atoms with van der Waals surface area (Å²) >= 11 is 0. The minimum atomic E-state index is -0.299. The Labute approximate surface area is 73.6 Å². The molecular weight excluding hydrogens is 152 g/mol. The summed E-state index contributed by atoms with van der Waals surface area (Å²) in [5.74, 6) is 2.26. The number of hydrogen-bond donors (Lipinski definition) is 0. The number of carbonyl (C=O) groups excluding carboxylic acids is 1. The summed E-state index contributed by atoms with van der Waals surface area (Å²) in [4.78, 5) is 10.6. The van der Waals surface area contributed by atoms with Crippen molar-refractivity contribution in [1.29, 1.82) is 0 Å². The van der Waals surface area contributed by atoms with Gasteiger partial charge in [-0.05, 0) is 19.3 Å². The molecule has 0 bridgehead atoms. The monoisotopic (exact) mass is 166 g/mol. The quantitative estimate of drug-likeness (QED) is 0.270. The Kier molecular flexibility index (Phi) is 7.07. The van der Waals surface area contributed by atoms with Gasteiger partial charge in [-0.1, -0.05) is 6.08 Å². The predicted molar refractivity (Wildman–Crippen MR) is 48.5 cm³/mol. The zero-order chi connectivity index (χ0) is 9.23. The number of allylic oxidation sites excluding steroid dienone is 1. The van der Waals surface area contributed by atoms with E-state index >= 15 is 0 Å². The highest BCUT2D eigenvalue weighted by Crippen LogP contribution is 1.99. The van der Waals surface area contributed by atoms with Crippen LogP contribution in [0.5, 0.6) is 0 Å². The number of hydrogen-bond acceptors (Lipinski definition) is 2. The lowest BCUT2D eigenvalue weighted by Crippen LogP contribution is -1.93. The van der Waals surface area contributed by atoms with Gasteiger partial charge in [-0.3, -0.25) is 0 Å². The number of rotatable bonds is 5. The second-order valence-electron chi connectivity index (χ2n) is 2.38. The molecule has 0 aromatic heterocycles. The Bertz CT molecular complexity index is 187. The van der Waals surface area contributed by atoms with Crippen molar-refractivity contribution in [2.24, 2.45) is 0 Å². The molecule has 0 saturated carbocycles. The fourth-order valence-electron chi connectivity index (χ4n) is 0.737. The molecule has 66 valence electrons. The van der Waals surface area contributed by atoms with Gasteiger partial charge in [-0.15, -0.1) is 12.3 Å². The summed E-state index contributed by atoms with van der Waals surface area (Å²) < 4.78 is 4.42. The zero-order valence-electron chi connectivity index (χ0n) is 7.38. The van der Waals surface area contributed by atoms with Crippen LogP contribution in [0.2, 0.25) is 0 Å². The van der Waals surface area contributed by atoms with Crippen LogP contribution in [0.15, 0.2) is 12.2 Å². The Morgan fingerprint density at radius 1 is 1.58 bits per heavy atom. The molecule has 0 aliphatic carbocycles. The molecule has 12 heavy (non-hydrogen) atoms. The third kappa shape index (κ3) is 6.88. The Morgan fingerprint density at radius 3 is 2.92 bits per heavy atom. The van der Waals surface area contributed by atoms with Crippen LogP contribution in [0.3, 0.4) is 0 Å². The fraction of sp³-hybridized carbons (Fsp3) is 0.500. The summed E-state index contributed by atoms with van der Waals surface area (Å²) in [6, 6.07) is 0. The van der Waals surface area contributed by atoms with E-state index in [9.17, 15) is 4.79 Å². The van der Waals surface area contributed by atoms with Crippen LogP contribution in [-0.2, 0) is 9.53 Å². The molecule has 0 unspecified atom stereocenters. The van der Waals surface area contributed by atoms with E-state index < -0.39 is 0 Å². The molecule has 0 amide bonds. The van der Waals surface area contributed by atoms with E-state index in [1.54, 1.807) is 0 Å². The van der Waals surface area contributed by atoms with Crippen molar-refractivity contribution in [2.75, 3.05) is 7.11 Å². The van der Waals surface area contributed by atoms with Gasteiger partial charge in [0.2, 0.25) is 0 Å². The third-order valence-electron chi connectivity index (χ3n) is 1.40. The maximum atomic E-state index is 10.6. The van der Waals surface area contributed by atoms with Gasteiger partial charge in [-0.25, -0.2) is 4.79 Å². The van der Waals surface area contributed by atoms with E-state index in [4.69, 9.17) is 6.42 Å². The lowest BCUT2D eigenvalue weighted by atomic mass is 10.2. The van der Waals surface area contributed by atoms with Crippen molar-refractivity contribution in [3.63, 3.8) is 0 Å². The highest BCUT2D eigenvalue weighted by molar-refractivity contribution is 5.81. The van der Waals surface area contributed by atoms with E-state index in [2.05, 4.69) is 10.7 Å². The Balaban J connectivity index is 3.25. The van der Waals surface area contributed by atoms with Crippen LogP contribution < -0.4 is 0 Å². The maximum Gasteiger partial charge on any atom is 0.330 e. The molecular formula is C10H14O2. The van der Waals surface area contributed by atoms with Gasteiger partial charge < -0.3 is 4.74 Å². The molecule has 0 saturated heterocycles. The normalized spacial score (nSPS) is 9.67. The van der Waals surface area contributed by atoms with E-state index in [1.165, 1.54) is 13.2 Å². The molecule has 0 rings (SSSR count). The molecule has 0 aliphatic heterocycles. The van der Waals surface area contributed by atoms with Crippen LogP contribution >= 0.6 is 0 Å². The van der Waals surface area contributed by atoms with Gasteiger partial charge in [0.05, 0.1) is 7.11 Å². The first-order valence-electron chi connectivity index (χ1n) is 3.99. The molecule has 0 aromatic rings. The Hall–Kier alpha value is -1.23. The molecule has 0 spiro atoms. The lowest BCUT2D eigenvalue weighted by molar-refractivity contribution is -0.134. The van der Waals surface area contributed by atoms with Crippen LogP contribution in [0.1, 0.15) is 25.7 Å². The van der Waals surface area contributed by atoms with Crippen molar-refractivity contribution in [3.05, 3.63) is 12.2 Å². The molecule has 0 aromatic carbocycles. The van der Waals surface area contributed by atoms with Crippen LogP contribution in [0, 0.1) is 12.3 Å². The molecule has 0 fully saturated rings. The van der Waals surface area contributed by atoms with Gasteiger partial charge in [0.1, 0.15) is 0 Å². The minimum absolute atomic E-state index is 0.299. The standard InChI is InChI=1S/C10H14O2/c1-3-4-5-6-7-8-9-10(11)12-2/h1,8-9H,4-7H2,2H3/b9-8+. The Morgan fingerprint density at radius 2 is 2.33 bits per heavy atom. The number of terminal acetylenes is 1. The second-order valence-corrected chi connectivity index (χ2v) is 2.38. The van der Waals surface area contributed by atoms with Crippen molar-refractivity contribution >= 4 is 5.97 Å². The summed E-state index contributed by atoms with van der Waals surface area (Å²) in [7, 11) is 1.37. The van der Waals surface area contributed by atoms with Crippen molar-refractivity contribution in [1.82, 2.24) is 0 Å². The van der Waals surface area contributed by atoms with Gasteiger partial charge in [0, 0.05) is 12.5 Å². The van der Waals surface area contributed by atoms with Crippen molar-refractivity contribution < 1.29 is 9.53 Å². The number of ether oxygens (including phenoxy) is 1. The van der Waals surface area contributed by atoms with Crippen LogP contribution in [0.4, 0.5) is 0 Å². The van der Waals surface area contributed by atoms with E-state index in [0.29, 0.717) is 0 Å². The van der Waals surface area contributed by atoms with Crippen LogP contribution in [0.25, 0.3) is 0 Å². The first kappa shape index (κ1) is 10.8. The molecule has 2 heteroatoms. The topological polar surface area (TPSA) is 26.3 Å². The van der Waals surface area contributed by atoms with E-state index in [1.807, 2.05) is 6.08 Å². The first-order chi connectivity index (χ1) is 5.81. The van der Waals surface area contributed by atoms with E-state index in [0.717, 1.165) is 25.7 Å². The van der Waals surface area contributed by atoms with Gasteiger partial charge in [0.15, 0.2) is 0 Å². The lowest BCUT2D eigenvalue weighted by Gasteiger charge is -1.91. The predicted octanol–water partition coefficient (Wildman–Crippen LogP) is 1.91. The summed E-state index contributed by atoms with van der Waals surface area (Å²) in [6.07, 6.45) is 12.1. The minimum Gasteiger partial charge on any atom is -0.466 e. The molecule has 0 radical (unpaired) electrons. The van der Waals surface area contributed by atoms with Crippen molar-refractivity contribution in [2.45, 2.75) is 25.7 Å². The summed E-state index contributed by atoms with van der Waals surface area (Å²) in [5.41, 5.74) is 0. The number of esters is 1. The molecule has 0 N–H and O–H groups in total. The number of carbonyl (C=O) groups is 1. The van der Waals surface area contributed by atoms with E-state index in [-0.39, 0.29) is 5.97 Å². The average Bonchev–Trinajstić information content (AvgIpc) is 2.10. The average molecular weight is 166 g/mol. The largest absolute Gasteiger partial charge is 0.466 e. The highest BCUT2D eigenvalue weighted by Gasteiger charge is 1.89. The molecule has 0 atom stereocenters. The SMILES string of the molecule is C#CCCCC/C=C/C(=O)OC. The molecule has 0 heterocycles. The molecule has 2 nitrogen and oxygen atoms in total. The smallest absolute Gasteiger partial charge is 0.330 e. The summed E-state index contributed by atoms with van der Waals surface area (Å²) in [6.45, 7) is 0. The number of methoxy groups -OCH3 is 1. The molecule has 0 aliphatic rings.